The molecule has 0 aliphatic carbocycles. The monoisotopic (exact) mass is 302 g/mol. The molecular formula is C14H15ClN6. The van der Waals surface area contributed by atoms with Crippen LogP contribution in [0.1, 0.15) is 11.3 Å². The van der Waals surface area contributed by atoms with Crippen molar-refractivity contribution in [2.45, 2.75) is 13.5 Å². The van der Waals surface area contributed by atoms with Crippen LogP contribution in [-0.2, 0) is 13.6 Å². The quantitative estimate of drug-likeness (QED) is 0.804. The average Bonchev–Trinajstić information content (AvgIpc) is 3.10. The summed E-state index contributed by atoms with van der Waals surface area (Å²) in [5.41, 5.74) is 4.07. The molecule has 0 radical (unpaired) electrons. The number of hydrogen-bond donors (Lipinski definition) is 1. The summed E-state index contributed by atoms with van der Waals surface area (Å²) in [4.78, 5) is 3.98. The van der Waals surface area contributed by atoms with Gasteiger partial charge in [0.25, 0.3) is 0 Å². The molecule has 108 valence electrons. The van der Waals surface area contributed by atoms with E-state index in [-0.39, 0.29) is 0 Å². The van der Waals surface area contributed by atoms with Crippen molar-refractivity contribution in [3.8, 4) is 5.69 Å². The van der Waals surface area contributed by atoms with E-state index in [0.717, 1.165) is 22.6 Å². The van der Waals surface area contributed by atoms with Crippen LogP contribution < -0.4 is 5.32 Å². The molecule has 0 spiro atoms. The van der Waals surface area contributed by atoms with Crippen LogP contribution >= 0.6 is 11.6 Å². The Morgan fingerprint density at radius 2 is 2.14 bits per heavy atom. The van der Waals surface area contributed by atoms with E-state index in [9.17, 15) is 0 Å². The Kier molecular flexibility index (Phi) is 3.62. The number of rotatable bonds is 4. The van der Waals surface area contributed by atoms with Crippen molar-refractivity contribution >= 4 is 17.3 Å². The summed E-state index contributed by atoms with van der Waals surface area (Å²) in [5.74, 6) is 0. The van der Waals surface area contributed by atoms with Crippen molar-refractivity contribution in [2.75, 3.05) is 5.32 Å². The van der Waals surface area contributed by atoms with E-state index in [2.05, 4.69) is 20.5 Å². The summed E-state index contributed by atoms with van der Waals surface area (Å²) in [6.07, 6.45) is 5.02. The smallest absolute Gasteiger partial charge is 0.138 e. The molecule has 0 amide bonds. The zero-order chi connectivity index (χ0) is 14.8. The minimum atomic E-state index is 0.668. The fourth-order valence-corrected chi connectivity index (χ4v) is 2.26. The van der Waals surface area contributed by atoms with Gasteiger partial charge in [0.1, 0.15) is 12.7 Å². The molecule has 1 aromatic carbocycles. The van der Waals surface area contributed by atoms with Crippen molar-refractivity contribution in [1.82, 2.24) is 24.5 Å². The van der Waals surface area contributed by atoms with E-state index in [1.165, 1.54) is 6.33 Å². The highest BCUT2D eigenvalue weighted by atomic mass is 35.5. The van der Waals surface area contributed by atoms with Gasteiger partial charge in [0, 0.05) is 29.9 Å². The number of aryl methyl sites for hydroxylation is 1. The standard InChI is InChI=1S/C14H15ClN6/c1-10-11(7-18-20(10)2)6-17-13-5-12(15)3-4-14(13)21-9-16-8-19-21/h3-5,7-9,17H,6H2,1-2H3. The molecule has 2 aromatic heterocycles. The van der Waals surface area contributed by atoms with Crippen molar-refractivity contribution in [3.05, 3.63) is 53.3 Å². The van der Waals surface area contributed by atoms with Crippen LogP contribution in [-0.4, -0.2) is 24.5 Å². The molecule has 6 nitrogen and oxygen atoms in total. The Bertz CT molecular complexity index is 747. The summed E-state index contributed by atoms with van der Waals surface area (Å²) in [7, 11) is 1.93. The Morgan fingerprint density at radius 1 is 1.29 bits per heavy atom. The first-order chi connectivity index (χ1) is 10.1. The largest absolute Gasteiger partial charge is 0.379 e. The first kappa shape index (κ1) is 13.6. The van der Waals surface area contributed by atoms with E-state index < -0.39 is 0 Å². The summed E-state index contributed by atoms with van der Waals surface area (Å²) < 4.78 is 3.56. The van der Waals surface area contributed by atoms with Crippen LogP contribution in [0.25, 0.3) is 5.69 Å². The van der Waals surface area contributed by atoms with Gasteiger partial charge in [-0.3, -0.25) is 4.68 Å². The average molecular weight is 303 g/mol. The predicted molar refractivity (Wildman–Crippen MR) is 81.6 cm³/mol. The van der Waals surface area contributed by atoms with E-state index in [1.54, 1.807) is 11.0 Å². The second-order valence-electron chi connectivity index (χ2n) is 4.73. The molecule has 0 bridgehead atoms. The SMILES string of the molecule is Cc1c(CNc2cc(Cl)ccc2-n2cncn2)cnn1C. The van der Waals surface area contributed by atoms with Gasteiger partial charge < -0.3 is 5.32 Å². The number of aromatic nitrogens is 5. The highest BCUT2D eigenvalue weighted by molar-refractivity contribution is 6.31. The maximum absolute atomic E-state index is 6.09. The lowest BCUT2D eigenvalue weighted by atomic mass is 10.2. The molecule has 1 N–H and O–H groups in total. The molecule has 0 aliphatic rings. The maximum Gasteiger partial charge on any atom is 0.138 e. The molecule has 0 saturated heterocycles. The molecular weight excluding hydrogens is 288 g/mol. The van der Waals surface area contributed by atoms with Gasteiger partial charge in [-0.15, -0.1) is 0 Å². The van der Waals surface area contributed by atoms with Crippen LogP contribution in [0.2, 0.25) is 5.02 Å². The predicted octanol–water partition coefficient (Wildman–Crippen LogP) is 2.57. The normalized spacial score (nSPS) is 10.8. The van der Waals surface area contributed by atoms with Gasteiger partial charge in [-0.1, -0.05) is 11.6 Å². The van der Waals surface area contributed by atoms with Gasteiger partial charge in [0.15, 0.2) is 0 Å². The Labute approximate surface area is 127 Å². The second-order valence-corrected chi connectivity index (χ2v) is 5.17. The number of nitrogens with one attached hydrogen (secondary N) is 1. The van der Waals surface area contributed by atoms with Crippen molar-refractivity contribution in [3.63, 3.8) is 0 Å². The fourth-order valence-electron chi connectivity index (χ4n) is 2.09. The zero-order valence-corrected chi connectivity index (χ0v) is 12.5. The molecule has 21 heavy (non-hydrogen) atoms. The van der Waals surface area contributed by atoms with Crippen molar-refractivity contribution in [1.29, 1.82) is 0 Å². The van der Waals surface area contributed by atoms with Gasteiger partial charge in [0.2, 0.25) is 0 Å². The lowest BCUT2D eigenvalue weighted by Gasteiger charge is -2.12. The van der Waals surface area contributed by atoms with Crippen LogP contribution in [0, 0.1) is 6.92 Å². The molecule has 3 aromatic rings. The van der Waals surface area contributed by atoms with Gasteiger partial charge in [-0.05, 0) is 25.1 Å². The Morgan fingerprint density at radius 3 is 2.81 bits per heavy atom. The maximum atomic E-state index is 6.09. The van der Waals surface area contributed by atoms with E-state index in [1.807, 2.05) is 43.0 Å². The first-order valence-electron chi connectivity index (χ1n) is 6.51. The van der Waals surface area contributed by atoms with Gasteiger partial charge in [0.05, 0.1) is 17.6 Å². The van der Waals surface area contributed by atoms with E-state index in [0.29, 0.717) is 11.6 Å². The minimum Gasteiger partial charge on any atom is -0.379 e. The van der Waals surface area contributed by atoms with Crippen molar-refractivity contribution < 1.29 is 0 Å². The Balaban J connectivity index is 1.88. The lowest BCUT2D eigenvalue weighted by Crippen LogP contribution is -2.06. The van der Waals surface area contributed by atoms with Crippen molar-refractivity contribution in [2.24, 2.45) is 7.05 Å². The molecule has 3 rings (SSSR count). The molecule has 0 unspecified atom stereocenters. The third kappa shape index (κ3) is 2.75. The third-order valence-electron chi connectivity index (χ3n) is 3.43. The first-order valence-corrected chi connectivity index (χ1v) is 6.89. The minimum absolute atomic E-state index is 0.668. The molecule has 0 fully saturated rings. The van der Waals surface area contributed by atoms with Gasteiger partial charge >= 0.3 is 0 Å². The number of hydrogen-bond acceptors (Lipinski definition) is 4. The summed E-state index contributed by atoms with van der Waals surface area (Å²) in [5, 5.41) is 12.5. The van der Waals surface area contributed by atoms with Crippen LogP contribution in [0.4, 0.5) is 5.69 Å². The van der Waals surface area contributed by atoms with Crippen LogP contribution in [0.5, 0.6) is 0 Å². The zero-order valence-electron chi connectivity index (χ0n) is 11.8. The number of nitrogens with zero attached hydrogens (tertiary/aromatic N) is 5. The summed E-state index contributed by atoms with van der Waals surface area (Å²) in [6, 6.07) is 5.62. The number of anilines is 1. The van der Waals surface area contributed by atoms with Gasteiger partial charge in [-0.2, -0.15) is 10.2 Å². The van der Waals surface area contributed by atoms with E-state index in [4.69, 9.17) is 11.6 Å². The summed E-state index contributed by atoms with van der Waals surface area (Å²) in [6.45, 7) is 2.71. The Hall–Kier alpha value is -2.34. The summed E-state index contributed by atoms with van der Waals surface area (Å²) >= 11 is 6.09. The molecule has 0 atom stereocenters. The van der Waals surface area contributed by atoms with Gasteiger partial charge in [-0.25, -0.2) is 9.67 Å². The molecule has 0 saturated carbocycles. The molecule has 0 aliphatic heterocycles. The van der Waals surface area contributed by atoms with E-state index >= 15 is 0 Å². The van der Waals surface area contributed by atoms with Crippen LogP contribution in [0.15, 0.2) is 37.1 Å². The van der Waals surface area contributed by atoms with Crippen LogP contribution in [0.3, 0.4) is 0 Å². The molecule has 2 heterocycles. The fraction of sp³-hybridized carbons (Fsp3) is 0.214. The highest BCUT2D eigenvalue weighted by Crippen LogP contribution is 2.24. The highest BCUT2D eigenvalue weighted by Gasteiger charge is 2.08. The number of benzene rings is 1. The molecule has 7 heteroatoms. The third-order valence-corrected chi connectivity index (χ3v) is 3.67. The topological polar surface area (TPSA) is 60.6 Å². The second kappa shape index (κ2) is 5.57. The number of halogens is 1. The lowest BCUT2D eigenvalue weighted by molar-refractivity contribution is 0.738.